The Bertz CT molecular complexity index is 1510. The third-order valence-corrected chi connectivity index (χ3v) is 6.33. The molecule has 2 aromatic heterocycles. The van der Waals surface area contributed by atoms with Crippen molar-refractivity contribution in [3.05, 3.63) is 107 Å². The van der Waals surface area contributed by atoms with E-state index in [0.717, 1.165) is 44.7 Å². The van der Waals surface area contributed by atoms with Crippen LogP contribution in [0.1, 0.15) is 28.1 Å². The van der Waals surface area contributed by atoms with Crippen LogP contribution in [0.5, 0.6) is 0 Å². The van der Waals surface area contributed by atoms with Gasteiger partial charge in [0.15, 0.2) is 5.82 Å². The molecule has 0 spiro atoms. The average molecular weight is 446 g/mol. The molecule has 0 saturated carbocycles. The van der Waals surface area contributed by atoms with Crippen molar-refractivity contribution in [2.45, 2.75) is 27.7 Å². The maximum Gasteiger partial charge on any atom is 0.176 e. The fraction of sp³-hybridized carbons (Fsp3) is 0.138. The minimum atomic E-state index is 0.635. The van der Waals surface area contributed by atoms with E-state index >= 15 is 0 Å². The van der Waals surface area contributed by atoms with Gasteiger partial charge in [-0.1, -0.05) is 54.6 Å². The molecule has 0 saturated heterocycles. The Morgan fingerprint density at radius 1 is 0.765 bits per heavy atom. The number of rotatable bonds is 5. The zero-order valence-corrected chi connectivity index (χ0v) is 19.9. The topological polar surface area (TPSA) is 55.1 Å². The third kappa shape index (κ3) is 3.97. The summed E-state index contributed by atoms with van der Waals surface area (Å²) in [5, 5.41) is 15.6. The van der Waals surface area contributed by atoms with Gasteiger partial charge in [0.25, 0.3) is 0 Å². The van der Waals surface area contributed by atoms with Crippen LogP contribution in [0.4, 0.5) is 5.82 Å². The summed E-state index contributed by atoms with van der Waals surface area (Å²) >= 11 is 0. The molecule has 0 aliphatic rings. The van der Waals surface area contributed by atoms with E-state index in [2.05, 4.69) is 108 Å². The van der Waals surface area contributed by atoms with E-state index in [0.29, 0.717) is 5.82 Å². The molecule has 0 aliphatic carbocycles. The SMILES string of the molecule is Cc1ccc(-c2nnc(N/N=C\c3cc(C)n(-c4ccccc4)c3C)c3ccccc23)cc1C. The lowest BCUT2D eigenvalue weighted by Crippen LogP contribution is -2.01. The molecule has 2 heterocycles. The monoisotopic (exact) mass is 445 g/mol. The van der Waals surface area contributed by atoms with Crippen LogP contribution in [0.15, 0.2) is 84.0 Å². The maximum absolute atomic E-state index is 4.56. The van der Waals surface area contributed by atoms with E-state index in [9.17, 15) is 0 Å². The highest BCUT2D eigenvalue weighted by Crippen LogP contribution is 2.30. The number of nitrogens with one attached hydrogen (secondary N) is 1. The van der Waals surface area contributed by atoms with Gasteiger partial charge in [0.05, 0.1) is 6.21 Å². The van der Waals surface area contributed by atoms with Crippen LogP contribution in [0.2, 0.25) is 0 Å². The van der Waals surface area contributed by atoms with Gasteiger partial charge in [0, 0.05) is 39.0 Å². The van der Waals surface area contributed by atoms with Crippen molar-refractivity contribution < 1.29 is 0 Å². The fourth-order valence-corrected chi connectivity index (χ4v) is 4.34. The zero-order valence-electron chi connectivity index (χ0n) is 19.9. The molecular weight excluding hydrogens is 418 g/mol. The highest BCUT2D eigenvalue weighted by Gasteiger charge is 2.12. The summed E-state index contributed by atoms with van der Waals surface area (Å²) in [4.78, 5) is 0. The molecule has 0 fully saturated rings. The number of hydrogen-bond donors (Lipinski definition) is 1. The zero-order chi connectivity index (χ0) is 23.7. The molecule has 5 rings (SSSR count). The van der Waals surface area contributed by atoms with Crippen LogP contribution in [0.3, 0.4) is 0 Å². The molecule has 0 bridgehead atoms. The standard InChI is InChI=1S/C29H27N5/c1-19-14-15-23(16-20(19)2)28-26-12-8-9-13-27(26)29(33-31-28)32-30-18-24-17-21(3)34(22(24)4)25-10-6-5-7-11-25/h5-18H,1-4H3,(H,32,33)/b30-18-. The summed E-state index contributed by atoms with van der Waals surface area (Å²) in [6, 6.07) is 27.1. The molecule has 0 amide bonds. The number of hydrogen-bond acceptors (Lipinski definition) is 4. The van der Waals surface area contributed by atoms with Gasteiger partial charge >= 0.3 is 0 Å². The van der Waals surface area contributed by atoms with Gasteiger partial charge in [-0.2, -0.15) is 5.10 Å². The number of aryl methyl sites for hydroxylation is 3. The largest absolute Gasteiger partial charge is 0.318 e. The van der Waals surface area contributed by atoms with Crippen LogP contribution in [-0.2, 0) is 0 Å². The van der Waals surface area contributed by atoms with Crippen molar-refractivity contribution in [3.8, 4) is 16.9 Å². The van der Waals surface area contributed by atoms with Crippen molar-refractivity contribution in [1.82, 2.24) is 14.8 Å². The van der Waals surface area contributed by atoms with Crippen molar-refractivity contribution in [2.24, 2.45) is 5.10 Å². The Labute approximate surface area is 199 Å². The molecule has 5 nitrogen and oxygen atoms in total. The van der Waals surface area contributed by atoms with Crippen molar-refractivity contribution in [2.75, 3.05) is 5.43 Å². The van der Waals surface area contributed by atoms with Gasteiger partial charge in [0.2, 0.25) is 0 Å². The van der Waals surface area contributed by atoms with Gasteiger partial charge in [-0.3, -0.25) is 5.43 Å². The second-order valence-corrected chi connectivity index (χ2v) is 8.61. The molecule has 0 aliphatic heterocycles. The van der Waals surface area contributed by atoms with Gasteiger partial charge in [-0.15, -0.1) is 10.2 Å². The lowest BCUT2D eigenvalue weighted by Gasteiger charge is -2.10. The van der Waals surface area contributed by atoms with E-state index in [1.165, 1.54) is 11.1 Å². The second kappa shape index (κ2) is 8.94. The first kappa shape index (κ1) is 21.6. The van der Waals surface area contributed by atoms with Crippen LogP contribution in [-0.4, -0.2) is 21.0 Å². The van der Waals surface area contributed by atoms with E-state index < -0.39 is 0 Å². The molecule has 5 heteroatoms. The molecule has 0 atom stereocenters. The predicted molar refractivity (Wildman–Crippen MR) is 141 cm³/mol. The minimum Gasteiger partial charge on any atom is -0.318 e. The Hall–Kier alpha value is -4.25. The van der Waals surface area contributed by atoms with E-state index in [1.807, 2.05) is 30.5 Å². The van der Waals surface area contributed by atoms with E-state index in [-0.39, 0.29) is 0 Å². The molecule has 1 N–H and O–H groups in total. The van der Waals surface area contributed by atoms with Gasteiger partial charge in [-0.05, 0) is 63.1 Å². The van der Waals surface area contributed by atoms with Crippen molar-refractivity contribution in [3.63, 3.8) is 0 Å². The number of hydrazone groups is 1. The summed E-state index contributed by atoms with van der Waals surface area (Å²) in [5.74, 6) is 0.635. The quantitative estimate of drug-likeness (QED) is 0.240. The van der Waals surface area contributed by atoms with Gasteiger partial charge in [0.1, 0.15) is 5.69 Å². The highest BCUT2D eigenvalue weighted by atomic mass is 15.3. The Kier molecular flexibility index (Phi) is 5.68. The maximum atomic E-state index is 4.56. The molecule has 168 valence electrons. The summed E-state index contributed by atoms with van der Waals surface area (Å²) in [6.45, 7) is 8.45. The van der Waals surface area contributed by atoms with E-state index in [4.69, 9.17) is 0 Å². The first-order valence-electron chi connectivity index (χ1n) is 11.4. The number of para-hydroxylation sites is 1. The Balaban J connectivity index is 1.46. The molecule has 0 unspecified atom stereocenters. The fourth-order valence-electron chi connectivity index (χ4n) is 4.34. The number of anilines is 1. The first-order chi connectivity index (χ1) is 16.5. The summed E-state index contributed by atoms with van der Waals surface area (Å²) in [7, 11) is 0. The van der Waals surface area contributed by atoms with Gasteiger partial charge < -0.3 is 4.57 Å². The Morgan fingerprint density at radius 3 is 2.26 bits per heavy atom. The highest BCUT2D eigenvalue weighted by molar-refractivity contribution is 6.00. The molecule has 34 heavy (non-hydrogen) atoms. The lowest BCUT2D eigenvalue weighted by atomic mass is 10.0. The molecule has 3 aromatic carbocycles. The summed E-state index contributed by atoms with van der Waals surface area (Å²) in [6.07, 6.45) is 1.84. The van der Waals surface area contributed by atoms with Crippen molar-refractivity contribution >= 4 is 22.8 Å². The second-order valence-electron chi connectivity index (χ2n) is 8.61. The smallest absolute Gasteiger partial charge is 0.176 e. The van der Waals surface area contributed by atoms with Crippen LogP contribution < -0.4 is 5.43 Å². The number of fused-ring (bicyclic) bond motifs is 1. The number of nitrogens with zero attached hydrogens (tertiary/aromatic N) is 4. The van der Waals surface area contributed by atoms with Crippen LogP contribution in [0, 0.1) is 27.7 Å². The summed E-state index contributed by atoms with van der Waals surface area (Å²) < 4.78 is 2.23. The van der Waals surface area contributed by atoms with Crippen molar-refractivity contribution in [1.29, 1.82) is 0 Å². The lowest BCUT2D eigenvalue weighted by molar-refractivity contribution is 0.965. The van der Waals surface area contributed by atoms with Crippen LogP contribution in [0.25, 0.3) is 27.7 Å². The summed E-state index contributed by atoms with van der Waals surface area (Å²) in [5.41, 5.74) is 12.1. The molecular formula is C29H27N5. The normalized spacial score (nSPS) is 11.4. The first-order valence-corrected chi connectivity index (χ1v) is 11.4. The van der Waals surface area contributed by atoms with Gasteiger partial charge in [-0.25, -0.2) is 0 Å². The number of benzene rings is 3. The minimum absolute atomic E-state index is 0.635. The average Bonchev–Trinajstić information content (AvgIpc) is 3.14. The molecule has 0 radical (unpaired) electrons. The third-order valence-electron chi connectivity index (χ3n) is 6.33. The van der Waals surface area contributed by atoms with E-state index in [1.54, 1.807) is 0 Å². The Morgan fingerprint density at radius 2 is 1.50 bits per heavy atom. The molecule has 5 aromatic rings. The number of aromatic nitrogens is 3. The van der Waals surface area contributed by atoms with Crippen LogP contribution >= 0.6 is 0 Å². The predicted octanol–water partition coefficient (Wildman–Crippen LogP) is 6.77.